The molecule has 0 aromatic heterocycles. The van der Waals surface area contributed by atoms with Crippen LogP contribution in [0.15, 0.2) is 24.3 Å². The minimum Gasteiger partial charge on any atom is -0.459 e. The third kappa shape index (κ3) is 10.0. The van der Waals surface area contributed by atoms with Gasteiger partial charge < -0.3 is 81.3 Å². The number of fused-ring (bicyclic) bond motifs is 10. The molecule has 19 heteroatoms. The van der Waals surface area contributed by atoms with Gasteiger partial charge in [-0.2, -0.15) is 0 Å². The Labute approximate surface area is 475 Å². The number of ether oxygens (including phenoxy) is 15. The second-order valence-corrected chi connectivity index (χ2v) is 28.1. The Bertz CT molecular complexity index is 2410. The van der Waals surface area contributed by atoms with E-state index in [1.165, 1.54) is 0 Å². The standard InChI is InChI=1S/C62H88O19/c1-28-15-35-7-9-39-29(2)16-37(67-39)11-13-60-26-50-53(59(74-50)81-60)44-22-48(77-60)58-40(70-44)10-8-36(69-58)18-52(66)75-57-33(6)56-46(71-45(57)20-41(68-35)32(28)5)21-43-49(73-56)25-62(76-43)27-51-55(80-62)31(4)24-61(79-51)23-30(3)54-47(78-61)19-38(65)42(72-54)17-34(64)12-14-63/h28,30-31,33,35-51,53-59,63,65H,2,5,7-27H2,1,3-4,6H3/t28-,30+,31+,33+,35+,36-,37+,38-,39+,40+,41-,42-,43-,44-,45+,46+,47+,48-,49-,50?,51+,53+,54+,55+,56+,57-,58+,59?,60?,61-,62+/m1/s1. The zero-order valence-electron chi connectivity index (χ0n) is 47.8. The molecule has 0 amide bonds. The maximum atomic E-state index is 14.6. The lowest BCUT2D eigenvalue weighted by atomic mass is 9.75. The molecule has 0 aromatic rings. The molecule has 12 bridgehead atoms. The van der Waals surface area contributed by atoms with Gasteiger partial charge in [0, 0.05) is 89.6 Å². The summed E-state index contributed by atoms with van der Waals surface area (Å²) in [7, 11) is 0. The highest BCUT2D eigenvalue weighted by Gasteiger charge is 2.67. The Hall–Kier alpha value is -2.02. The predicted molar refractivity (Wildman–Crippen MR) is 282 cm³/mol. The number of hydrogen-bond acceptors (Lipinski definition) is 19. The van der Waals surface area contributed by atoms with Crippen LogP contribution in [-0.4, -0.2) is 187 Å². The maximum Gasteiger partial charge on any atom is 0.308 e. The summed E-state index contributed by atoms with van der Waals surface area (Å²) < 4.78 is 103. The van der Waals surface area contributed by atoms with Crippen LogP contribution in [0.1, 0.15) is 156 Å². The van der Waals surface area contributed by atoms with Crippen molar-refractivity contribution in [3.05, 3.63) is 24.3 Å². The van der Waals surface area contributed by atoms with Gasteiger partial charge in [0.2, 0.25) is 0 Å². The molecule has 17 aliphatic heterocycles. The highest BCUT2D eigenvalue weighted by molar-refractivity contribution is 5.79. The number of rotatable bonds is 4. The highest BCUT2D eigenvalue weighted by Crippen LogP contribution is 2.58. The van der Waals surface area contributed by atoms with Crippen LogP contribution in [0.4, 0.5) is 0 Å². The van der Waals surface area contributed by atoms with Crippen LogP contribution in [0.2, 0.25) is 0 Å². The second kappa shape index (κ2) is 21.1. The van der Waals surface area contributed by atoms with Crippen LogP contribution in [0, 0.1) is 29.6 Å². The van der Waals surface area contributed by atoms with E-state index in [1.807, 2.05) is 0 Å². The number of hydrogen-bond donors (Lipinski definition) is 2. The smallest absolute Gasteiger partial charge is 0.308 e. The molecule has 450 valence electrons. The van der Waals surface area contributed by atoms with Gasteiger partial charge in [0.1, 0.15) is 18.0 Å². The lowest BCUT2D eigenvalue weighted by molar-refractivity contribution is -0.483. The fourth-order valence-electron chi connectivity index (χ4n) is 18.4. The number of carbonyl (C=O) groups excluding carboxylic acids is 2. The first kappa shape index (κ1) is 55.6. The molecular formula is C62H88O19. The van der Waals surface area contributed by atoms with E-state index in [1.54, 1.807) is 0 Å². The maximum absolute atomic E-state index is 14.6. The first-order valence-electron chi connectivity index (χ1n) is 31.6. The average Bonchev–Trinajstić information content (AvgIpc) is 3.16. The minimum absolute atomic E-state index is 0.0159. The van der Waals surface area contributed by atoms with Crippen molar-refractivity contribution < 1.29 is 90.9 Å². The van der Waals surface area contributed by atoms with Crippen LogP contribution in [-0.2, 0) is 80.6 Å². The molecule has 17 aliphatic rings. The monoisotopic (exact) mass is 1140 g/mol. The van der Waals surface area contributed by atoms with E-state index in [4.69, 9.17) is 71.1 Å². The quantitative estimate of drug-likeness (QED) is 0.240. The van der Waals surface area contributed by atoms with Crippen molar-refractivity contribution in [3.63, 3.8) is 0 Å². The van der Waals surface area contributed by atoms with Gasteiger partial charge in [-0.3, -0.25) is 9.59 Å². The topological polar surface area (TPSA) is 213 Å². The Morgan fingerprint density at radius 3 is 2.06 bits per heavy atom. The first-order valence-corrected chi connectivity index (χ1v) is 31.6. The molecule has 19 nitrogen and oxygen atoms in total. The largest absolute Gasteiger partial charge is 0.459 e. The van der Waals surface area contributed by atoms with E-state index < -0.39 is 47.9 Å². The Kier molecular flexibility index (Phi) is 14.5. The van der Waals surface area contributed by atoms with Gasteiger partial charge >= 0.3 is 5.97 Å². The van der Waals surface area contributed by atoms with Gasteiger partial charge in [0.25, 0.3) is 0 Å². The number of esters is 1. The molecular weight excluding hydrogens is 1050 g/mol. The van der Waals surface area contributed by atoms with Crippen molar-refractivity contribution in [1.82, 2.24) is 0 Å². The van der Waals surface area contributed by atoms with Crippen LogP contribution in [0.25, 0.3) is 0 Å². The molecule has 17 fully saturated rings. The number of aliphatic hydroxyl groups excluding tert-OH is 2. The molecule has 81 heavy (non-hydrogen) atoms. The van der Waals surface area contributed by atoms with Gasteiger partial charge in [-0.15, -0.1) is 0 Å². The molecule has 0 aliphatic carbocycles. The van der Waals surface area contributed by atoms with Crippen molar-refractivity contribution >= 4 is 11.8 Å². The number of ketones is 1. The summed E-state index contributed by atoms with van der Waals surface area (Å²) in [6.45, 7) is 17.6. The lowest BCUT2D eigenvalue weighted by Crippen LogP contribution is -2.72. The highest BCUT2D eigenvalue weighted by atomic mass is 16.8. The molecule has 0 radical (unpaired) electrons. The molecule has 17 heterocycles. The number of carbonyl (C=O) groups is 2. The fraction of sp³-hybridized carbons (Fsp3) is 0.903. The molecule has 17 saturated heterocycles. The zero-order chi connectivity index (χ0) is 55.4. The third-order valence-corrected chi connectivity index (χ3v) is 22.4. The number of aliphatic hydroxyl groups is 2. The Morgan fingerprint density at radius 2 is 1.23 bits per heavy atom. The molecule has 3 spiro atoms. The minimum atomic E-state index is -0.937. The third-order valence-electron chi connectivity index (χ3n) is 22.4. The normalized spacial score (nSPS) is 56.4. The Morgan fingerprint density at radius 1 is 0.543 bits per heavy atom. The van der Waals surface area contributed by atoms with Crippen molar-refractivity contribution in [2.24, 2.45) is 29.6 Å². The molecule has 0 saturated carbocycles. The van der Waals surface area contributed by atoms with Crippen LogP contribution >= 0.6 is 0 Å². The van der Waals surface area contributed by atoms with Crippen molar-refractivity contribution in [2.45, 2.75) is 314 Å². The molecule has 0 aromatic carbocycles. The van der Waals surface area contributed by atoms with E-state index in [2.05, 4.69) is 40.9 Å². The summed E-state index contributed by atoms with van der Waals surface area (Å²) in [6.07, 6.45) is 4.18. The summed E-state index contributed by atoms with van der Waals surface area (Å²) in [6, 6.07) is 0. The van der Waals surface area contributed by atoms with Crippen LogP contribution in [0.5, 0.6) is 0 Å². The summed E-state index contributed by atoms with van der Waals surface area (Å²) >= 11 is 0. The number of Topliss-reactive ketones (excluding diaryl/α,β-unsaturated/α-hetero) is 1. The molecule has 2 N–H and O–H groups in total. The summed E-state index contributed by atoms with van der Waals surface area (Å²) in [5.74, 6) is -2.86. The SMILES string of the molecule is C=C1C[C@@H]2CCC34CC5OC(O3)[C@H]5[C@H]3C[C@@H](O4)[C@H]4O[C@H](CC[C@@H]4O3)CC(=O)O[C@@H]3[C@@H](C)[C@@H]4O[C@@H]5C[C@]6(C[C@@H]7O[C@]8(C[C@H](C)[C@@H]9O[C@H](CC(=O)CCO)[C@H](O)C[C@@H]9O8)C[C@H](C)[C@@H]7O6)O[C@@H]5C[C@@H]4O[C@H]3C[C@H]3O[C@@H](CC[C@@H]1O2)C[C@@H](C)C3=C. The van der Waals surface area contributed by atoms with E-state index in [0.29, 0.717) is 70.6 Å². The Balaban J connectivity index is 0.650. The van der Waals surface area contributed by atoms with Crippen LogP contribution in [0.3, 0.4) is 0 Å². The van der Waals surface area contributed by atoms with Gasteiger partial charge in [0.05, 0.1) is 134 Å². The van der Waals surface area contributed by atoms with E-state index in [9.17, 15) is 19.8 Å². The van der Waals surface area contributed by atoms with Gasteiger partial charge in [-0.25, -0.2) is 0 Å². The van der Waals surface area contributed by atoms with Gasteiger partial charge in [0.15, 0.2) is 23.7 Å². The van der Waals surface area contributed by atoms with Crippen molar-refractivity contribution in [2.75, 3.05) is 6.61 Å². The summed E-state index contributed by atoms with van der Waals surface area (Å²) in [4.78, 5) is 27.0. The molecule has 17 rings (SSSR count). The fourth-order valence-corrected chi connectivity index (χ4v) is 18.4. The van der Waals surface area contributed by atoms with Crippen molar-refractivity contribution in [3.8, 4) is 0 Å². The zero-order valence-corrected chi connectivity index (χ0v) is 47.8. The van der Waals surface area contributed by atoms with E-state index in [0.717, 1.165) is 49.7 Å². The summed E-state index contributed by atoms with van der Waals surface area (Å²) in [5.41, 5.74) is 2.15. The average molecular weight is 1140 g/mol. The van der Waals surface area contributed by atoms with Crippen molar-refractivity contribution in [1.29, 1.82) is 0 Å². The molecule has 31 atom stereocenters. The second-order valence-electron chi connectivity index (χ2n) is 28.1. The molecule has 3 unspecified atom stereocenters. The van der Waals surface area contributed by atoms with E-state index in [-0.39, 0.29) is 177 Å². The first-order chi connectivity index (χ1) is 39.0. The van der Waals surface area contributed by atoms with Gasteiger partial charge in [-0.1, -0.05) is 40.9 Å². The predicted octanol–water partition coefficient (Wildman–Crippen LogP) is 6.12. The van der Waals surface area contributed by atoms with Crippen LogP contribution < -0.4 is 0 Å². The summed E-state index contributed by atoms with van der Waals surface area (Å²) in [5, 5.41) is 20.4. The van der Waals surface area contributed by atoms with Gasteiger partial charge in [-0.05, 0) is 73.8 Å². The van der Waals surface area contributed by atoms with E-state index >= 15 is 0 Å². The lowest BCUT2D eigenvalue weighted by Gasteiger charge is -2.63.